The zero-order valence-corrected chi connectivity index (χ0v) is 12.4. The molecule has 2 aromatic carbocycles. The van der Waals surface area contributed by atoms with Crippen molar-refractivity contribution in [1.29, 1.82) is 0 Å². The average molecular weight is 296 g/mol. The smallest absolute Gasteiger partial charge is 0.166 e. The second-order valence-corrected chi connectivity index (χ2v) is 5.51. The molecule has 0 bridgehead atoms. The minimum absolute atomic E-state index is 0.160. The Balaban J connectivity index is 1.55. The van der Waals surface area contributed by atoms with Crippen molar-refractivity contribution in [2.24, 2.45) is 0 Å². The molecule has 0 aromatic heterocycles. The Bertz CT molecular complexity index is 601. The fraction of sp³-hybridized carbons (Fsp3) is 0.278. The third kappa shape index (κ3) is 3.93. The molecule has 22 heavy (non-hydrogen) atoms. The van der Waals surface area contributed by atoms with E-state index in [4.69, 9.17) is 4.84 Å². The number of rotatable bonds is 5. The van der Waals surface area contributed by atoms with Crippen molar-refractivity contribution >= 4 is 11.5 Å². The molecule has 1 saturated heterocycles. The summed E-state index contributed by atoms with van der Waals surface area (Å²) in [7, 11) is 0. The molecule has 1 aliphatic heterocycles. The highest BCUT2D eigenvalue weighted by molar-refractivity contribution is 5.84. The van der Waals surface area contributed by atoms with Gasteiger partial charge in [0.15, 0.2) is 11.9 Å². The molecule has 3 rings (SSSR count). The Morgan fingerprint density at radius 2 is 1.73 bits per heavy atom. The highest BCUT2D eigenvalue weighted by atomic mass is 16.7. The maximum absolute atomic E-state index is 12.0. The van der Waals surface area contributed by atoms with Gasteiger partial charge >= 0.3 is 0 Å². The summed E-state index contributed by atoms with van der Waals surface area (Å²) in [5.74, 6) is 0.160. The number of anilines is 1. The van der Waals surface area contributed by atoms with Gasteiger partial charge in [-0.05, 0) is 17.7 Å². The van der Waals surface area contributed by atoms with Crippen molar-refractivity contribution < 1.29 is 9.63 Å². The molecule has 4 heteroatoms. The summed E-state index contributed by atoms with van der Waals surface area (Å²) in [6.45, 7) is 2.26. The Morgan fingerprint density at radius 1 is 1.05 bits per heavy atom. The van der Waals surface area contributed by atoms with Crippen LogP contribution in [0.4, 0.5) is 5.69 Å². The standard InChI is InChI=1S/C18H20N2O2/c21-17-11-12-20(13-15-7-3-1-4-8-15)14-18(17)22-19-16-9-5-2-6-10-16/h1-10,18-19H,11-14H2/t18-/m1/s1. The van der Waals surface area contributed by atoms with Gasteiger partial charge in [0.05, 0.1) is 5.69 Å². The van der Waals surface area contributed by atoms with Gasteiger partial charge in [-0.25, -0.2) is 0 Å². The summed E-state index contributed by atoms with van der Waals surface area (Å²) < 4.78 is 0. The van der Waals surface area contributed by atoms with Gasteiger partial charge in [-0.2, -0.15) is 0 Å². The van der Waals surface area contributed by atoms with Crippen LogP contribution in [0.5, 0.6) is 0 Å². The lowest BCUT2D eigenvalue weighted by Gasteiger charge is -2.31. The number of ketones is 1. The van der Waals surface area contributed by atoms with Crippen LogP contribution >= 0.6 is 0 Å². The quantitative estimate of drug-likeness (QED) is 0.862. The first-order valence-corrected chi connectivity index (χ1v) is 7.57. The number of para-hydroxylation sites is 1. The minimum atomic E-state index is -0.419. The Labute approximate surface area is 130 Å². The zero-order chi connectivity index (χ0) is 15.2. The molecule has 1 N–H and O–H groups in total. The van der Waals surface area contributed by atoms with Crippen molar-refractivity contribution in [2.75, 3.05) is 18.6 Å². The van der Waals surface area contributed by atoms with Crippen LogP contribution in [-0.4, -0.2) is 29.9 Å². The third-order valence-corrected chi connectivity index (χ3v) is 3.80. The van der Waals surface area contributed by atoms with Crippen molar-refractivity contribution in [2.45, 2.75) is 19.1 Å². The van der Waals surface area contributed by atoms with Gasteiger partial charge in [0.2, 0.25) is 0 Å². The molecule has 2 aromatic rings. The molecule has 1 atom stereocenters. The van der Waals surface area contributed by atoms with E-state index in [0.29, 0.717) is 13.0 Å². The molecule has 1 heterocycles. The second kappa shape index (κ2) is 7.20. The number of carbonyl (C=O) groups excluding carboxylic acids is 1. The first-order valence-electron chi connectivity index (χ1n) is 7.57. The Hall–Kier alpha value is -2.17. The molecule has 0 saturated carbocycles. The van der Waals surface area contributed by atoms with Gasteiger partial charge in [-0.15, -0.1) is 0 Å². The molecule has 0 amide bonds. The topological polar surface area (TPSA) is 41.6 Å². The van der Waals surface area contributed by atoms with Gasteiger partial charge in [0, 0.05) is 26.1 Å². The van der Waals surface area contributed by atoms with Gasteiger partial charge in [-0.1, -0.05) is 48.5 Å². The second-order valence-electron chi connectivity index (χ2n) is 5.51. The third-order valence-electron chi connectivity index (χ3n) is 3.80. The number of Topliss-reactive ketones (excluding diaryl/α,β-unsaturated/α-hetero) is 1. The highest BCUT2D eigenvalue weighted by Gasteiger charge is 2.28. The minimum Gasteiger partial charge on any atom is -0.297 e. The predicted octanol–water partition coefficient (Wildman–Crippen LogP) is 2.87. The van der Waals surface area contributed by atoms with E-state index < -0.39 is 6.10 Å². The van der Waals surface area contributed by atoms with Gasteiger partial charge in [0.25, 0.3) is 0 Å². The zero-order valence-electron chi connectivity index (χ0n) is 12.4. The van der Waals surface area contributed by atoms with Crippen molar-refractivity contribution in [1.82, 2.24) is 4.90 Å². The molecular formula is C18H20N2O2. The first-order chi connectivity index (χ1) is 10.8. The van der Waals surface area contributed by atoms with Gasteiger partial charge in [-0.3, -0.25) is 20.0 Å². The fourth-order valence-electron chi connectivity index (χ4n) is 2.59. The number of piperidine rings is 1. The monoisotopic (exact) mass is 296 g/mol. The molecule has 0 aliphatic carbocycles. The van der Waals surface area contributed by atoms with Crippen LogP contribution in [0, 0.1) is 0 Å². The number of nitrogens with one attached hydrogen (secondary N) is 1. The van der Waals surface area contributed by atoms with Crippen molar-refractivity contribution in [3.8, 4) is 0 Å². The van der Waals surface area contributed by atoms with E-state index >= 15 is 0 Å². The van der Waals surface area contributed by atoms with Gasteiger partial charge < -0.3 is 0 Å². The number of hydrogen-bond donors (Lipinski definition) is 1. The summed E-state index contributed by atoms with van der Waals surface area (Å²) in [6, 6.07) is 19.9. The van der Waals surface area contributed by atoms with Crippen molar-refractivity contribution in [3.63, 3.8) is 0 Å². The van der Waals surface area contributed by atoms with Crippen LogP contribution in [0.25, 0.3) is 0 Å². The maximum Gasteiger partial charge on any atom is 0.166 e. The van der Waals surface area contributed by atoms with E-state index in [1.165, 1.54) is 5.56 Å². The van der Waals surface area contributed by atoms with E-state index in [1.54, 1.807) is 0 Å². The van der Waals surface area contributed by atoms with Crippen LogP contribution in [0.15, 0.2) is 60.7 Å². The number of benzene rings is 2. The molecule has 4 nitrogen and oxygen atoms in total. The largest absolute Gasteiger partial charge is 0.297 e. The van der Waals surface area contributed by atoms with Crippen LogP contribution in [0.2, 0.25) is 0 Å². The SMILES string of the molecule is O=C1CCN(Cc2ccccc2)C[C@H]1ONc1ccccc1. The number of nitrogens with zero attached hydrogens (tertiary/aromatic N) is 1. The predicted molar refractivity (Wildman–Crippen MR) is 86.3 cm³/mol. The van der Waals surface area contributed by atoms with Crippen LogP contribution < -0.4 is 5.48 Å². The van der Waals surface area contributed by atoms with Crippen LogP contribution in [0.3, 0.4) is 0 Å². The molecule has 0 spiro atoms. The summed E-state index contributed by atoms with van der Waals surface area (Å²) in [4.78, 5) is 19.9. The molecule has 114 valence electrons. The summed E-state index contributed by atoms with van der Waals surface area (Å²) >= 11 is 0. The maximum atomic E-state index is 12.0. The number of likely N-dealkylation sites (tertiary alicyclic amines) is 1. The number of hydrogen-bond acceptors (Lipinski definition) is 4. The van der Waals surface area contributed by atoms with E-state index in [1.807, 2.05) is 48.5 Å². The molecule has 1 fully saturated rings. The number of carbonyl (C=O) groups is 1. The normalized spacial score (nSPS) is 19.1. The highest BCUT2D eigenvalue weighted by Crippen LogP contribution is 2.15. The fourth-order valence-corrected chi connectivity index (χ4v) is 2.59. The molecular weight excluding hydrogens is 276 g/mol. The Kier molecular flexibility index (Phi) is 4.83. The van der Waals surface area contributed by atoms with E-state index in [2.05, 4.69) is 22.5 Å². The van der Waals surface area contributed by atoms with Crippen LogP contribution in [-0.2, 0) is 16.2 Å². The van der Waals surface area contributed by atoms with E-state index in [0.717, 1.165) is 18.8 Å². The van der Waals surface area contributed by atoms with Gasteiger partial charge in [0.1, 0.15) is 0 Å². The lowest BCUT2D eigenvalue weighted by Crippen LogP contribution is -2.45. The molecule has 1 aliphatic rings. The summed E-state index contributed by atoms with van der Waals surface area (Å²) in [5.41, 5.74) is 4.99. The average Bonchev–Trinajstić information content (AvgIpc) is 2.57. The first kappa shape index (κ1) is 14.8. The molecule has 0 radical (unpaired) electrons. The van der Waals surface area contributed by atoms with Crippen molar-refractivity contribution in [3.05, 3.63) is 66.2 Å². The van der Waals surface area contributed by atoms with Crippen LogP contribution in [0.1, 0.15) is 12.0 Å². The molecule has 0 unspecified atom stereocenters. The Morgan fingerprint density at radius 3 is 2.45 bits per heavy atom. The van der Waals surface area contributed by atoms with E-state index in [9.17, 15) is 4.79 Å². The lowest BCUT2D eigenvalue weighted by atomic mass is 10.1. The lowest BCUT2D eigenvalue weighted by molar-refractivity contribution is -0.133. The van der Waals surface area contributed by atoms with E-state index in [-0.39, 0.29) is 5.78 Å². The summed E-state index contributed by atoms with van der Waals surface area (Å²) in [6.07, 6.45) is 0.117. The summed E-state index contributed by atoms with van der Waals surface area (Å²) in [5, 5.41) is 0.